The number of nitrogens with one attached hydrogen (secondary N) is 1. The second-order valence-electron chi connectivity index (χ2n) is 10.7. The number of allylic oxidation sites excluding steroid dienone is 1. The third-order valence-electron chi connectivity index (χ3n) is 7.73. The minimum absolute atomic E-state index is 0.0304. The first-order valence-electron chi connectivity index (χ1n) is 14.0. The van der Waals surface area contributed by atoms with Crippen molar-refractivity contribution in [1.29, 1.82) is 0 Å². The molecule has 16 heteroatoms. The number of likely N-dealkylation sites (tertiary alicyclic amines) is 1. The highest BCUT2D eigenvalue weighted by Gasteiger charge is 2.53. The van der Waals surface area contributed by atoms with E-state index in [1.807, 2.05) is 35.2 Å². The largest absolute Gasteiger partial charge is 0.543 e. The molecule has 236 valence electrons. The van der Waals surface area contributed by atoms with Gasteiger partial charge in [0.1, 0.15) is 22.9 Å². The second-order valence-corrected chi connectivity index (χ2v) is 12.7. The van der Waals surface area contributed by atoms with E-state index in [1.165, 1.54) is 23.2 Å². The van der Waals surface area contributed by atoms with E-state index in [2.05, 4.69) is 15.5 Å². The van der Waals surface area contributed by atoms with Crippen molar-refractivity contribution in [3.63, 3.8) is 0 Å². The molecule has 2 aromatic heterocycles. The highest BCUT2D eigenvalue weighted by Crippen LogP contribution is 2.41. The number of carboxylic acid groups (broad SMARTS) is 1. The minimum atomic E-state index is -1.57. The molecule has 3 amide bonds. The van der Waals surface area contributed by atoms with Crippen molar-refractivity contribution >= 4 is 57.6 Å². The van der Waals surface area contributed by atoms with Crippen LogP contribution in [-0.4, -0.2) is 78.2 Å². The average molecular weight is 662 g/mol. The number of phenols is 1. The molecule has 3 aliphatic heterocycles. The monoisotopic (exact) mass is 661 g/mol. The fraction of sp³-hybridized carbons (Fsp3) is 0.233. The number of nitrogen functional groups attached to an aromatic ring is 1. The maximum absolute atomic E-state index is 13.3. The molecular formula is C30H27N7O7S2. The lowest BCUT2D eigenvalue weighted by atomic mass is 10.0. The first kappa shape index (κ1) is 30.8. The Bertz CT molecular complexity index is 1840. The van der Waals surface area contributed by atoms with Crippen molar-refractivity contribution in [2.24, 2.45) is 5.16 Å². The molecule has 3 aromatic rings. The molecule has 2 saturated heterocycles. The Hall–Kier alpha value is -5.22. The predicted octanol–water partition coefficient (Wildman–Crippen LogP) is -0.292. The van der Waals surface area contributed by atoms with E-state index in [9.17, 15) is 34.6 Å². The molecule has 5 N–H and O–H groups in total. The number of amides is 3. The van der Waals surface area contributed by atoms with Gasteiger partial charge in [-0.15, -0.1) is 23.1 Å². The number of phenolic OH excluding ortho intramolecular Hbond substituents is 1. The quantitative estimate of drug-likeness (QED) is 0.0589. The Balaban J connectivity index is 1.11. The summed E-state index contributed by atoms with van der Waals surface area (Å²) in [6.45, 7) is 1.39. The van der Waals surface area contributed by atoms with Crippen LogP contribution in [-0.2, 0) is 32.3 Å². The van der Waals surface area contributed by atoms with Gasteiger partial charge in [0.25, 0.3) is 11.8 Å². The van der Waals surface area contributed by atoms with Gasteiger partial charge in [0.05, 0.1) is 11.7 Å². The van der Waals surface area contributed by atoms with E-state index in [-0.39, 0.29) is 39.5 Å². The van der Waals surface area contributed by atoms with Crippen molar-refractivity contribution < 1.29 is 39.2 Å². The van der Waals surface area contributed by atoms with Gasteiger partial charge in [0.15, 0.2) is 29.8 Å². The number of nitrogens with zero attached hydrogens (tertiary/aromatic N) is 5. The highest BCUT2D eigenvalue weighted by molar-refractivity contribution is 8.00. The first-order valence-corrected chi connectivity index (χ1v) is 15.9. The van der Waals surface area contributed by atoms with Crippen molar-refractivity contribution in [2.75, 3.05) is 18.0 Å². The zero-order valence-electron chi connectivity index (χ0n) is 24.0. The number of hydrogen-bond acceptors (Lipinski definition) is 12. The van der Waals surface area contributed by atoms with Gasteiger partial charge in [-0.1, -0.05) is 17.3 Å². The number of rotatable bonds is 9. The molecule has 0 bridgehead atoms. The Morgan fingerprint density at radius 1 is 1.22 bits per heavy atom. The lowest BCUT2D eigenvalue weighted by Gasteiger charge is -2.50. The van der Waals surface area contributed by atoms with Gasteiger partial charge in [-0.25, -0.2) is 9.55 Å². The molecule has 0 aliphatic carbocycles. The van der Waals surface area contributed by atoms with E-state index >= 15 is 0 Å². The third kappa shape index (κ3) is 6.03. The molecule has 1 aromatic carbocycles. The number of anilines is 1. The molecule has 0 saturated carbocycles. The van der Waals surface area contributed by atoms with Gasteiger partial charge in [-0.3, -0.25) is 19.3 Å². The number of thioether (sulfide) groups is 1. The van der Waals surface area contributed by atoms with Crippen molar-refractivity contribution in [3.8, 4) is 5.75 Å². The lowest BCUT2D eigenvalue weighted by molar-refractivity contribution is -0.688. The Morgan fingerprint density at radius 3 is 2.67 bits per heavy atom. The number of carboxylic acids is 1. The summed E-state index contributed by atoms with van der Waals surface area (Å²) in [6.07, 6.45) is 5.72. The Labute approximate surface area is 270 Å². The van der Waals surface area contributed by atoms with Crippen molar-refractivity contribution in [3.05, 3.63) is 93.9 Å². The van der Waals surface area contributed by atoms with Gasteiger partial charge >= 0.3 is 0 Å². The number of nitrogens with two attached hydrogens (primary N) is 1. The van der Waals surface area contributed by atoms with Crippen LogP contribution >= 0.6 is 23.1 Å². The number of hydrogen-bond donors (Lipinski definition) is 4. The molecule has 2 atom stereocenters. The van der Waals surface area contributed by atoms with E-state index in [1.54, 1.807) is 23.1 Å². The summed E-state index contributed by atoms with van der Waals surface area (Å²) in [5, 5.41) is 37.6. The molecule has 14 nitrogen and oxygen atoms in total. The number of aromatic hydroxyl groups is 1. The number of thiazole rings is 1. The molecule has 2 fully saturated rings. The van der Waals surface area contributed by atoms with E-state index in [0.29, 0.717) is 31.6 Å². The number of benzene rings is 1. The summed E-state index contributed by atoms with van der Waals surface area (Å²) in [5.41, 5.74) is 7.39. The summed E-state index contributed by atoms with van der Waals surface area (Å²) < 4.78 is 1.96. The summed E-state index contributed by atoms with van der Waals surface area (Å²) in [4.78, 5) is 58.0. The summed E-state index contributed by atoms with van der Waals surface area (Å²) in [7, 11) is 0. The van der Waals surface area contributed by atoms with Gasteiger partial charge in [-0.05, 0) is 35.8 Å². The van der Waals surface area contributed by atoms with Crippen LogP contribution in [0.4, 0.5) is 5.13 Å². The molecule has 3 aliphatic rings. The first-order chi connectivity index (χ1) is 22.1. The fourth-order valence-electron chi connectivity index (χ4n) is 5.51. The van der Waals surface area contributed by atoms with Gasteiger partial charge in [-0.2, -0.15) is 0 Å². The predicted molar refractivity (Wildman–Crippen MR) is 164 cm³/mol. The van der Waals surface area contributed by atoms with E-state index < -0.39 is 34.9 Å². The van der Waals surface area contributed by atoms with Crippen LogP contribution < -0.4 is 20.7 Å². The van der Waals surface area contributed by atoms with Gasteiger partial charge in [0, 0.05) is 47.5 Å². The number of aromatic nitrogens is 2. The zero-order chi connectivity index (χ0) is 32.5. The van der Waals surface area contributed by atoms with Crippen molar-refractivity contribution in [2.45, 2.75) is 30.9 Å². The molecular weight excluding hydrogens is 635 g/mol. The smallest absolute Gasteiger partial charge is 0.276 e. The SMILES string of the molecule is Nc1nc(/C(=N/O)C(=O)N[C@@H]2C(=O)N3C(C(=O)[O-])=C(C=C4CCN(Cc5cc[n+](Cc6cccc(O)c6)cc5)C4=O)CS[C@H]23)cs1. The Morgan fingerprint density at radius 2 is 2.00 bits per heavy atom. The maximum atomic E-state index is 13.3. The number of fused-ring (bicyclic) bond motifs is 1. The van der Waals surface area contributed by atoms with Crippen LogP contribution in [0.2, 0.25) is 0 Å². The number of carbonyl (C=O) groups excluding carboxylic acids is 4. The highest BCUT2D eigenvalue weighted by atomic mass is 32.2. The minimum Gasteiger partial charge on any atom is -0.543 e. The number of carbonyl (C=O) groups is 4. The van der Waals surface area contributed by atoms with E-state index in [0.717, 1.165) is 27.4 Å². The van der Waals surface area contributed by atoms with Crippen LogP contribution in [0, 0.1) is 0 Å². The molecule has 46 heavy (non-hydrogen) atoms. The van der Waals surface area contributed by atoms with Gasteiger partial charge in [0.2, 0.25) is 5.91 Å². The third-order valence-corrected chi connectivity index (χ3v) is 9.70. The number of β-lactam (4-membered cyclic amide) rings is 1. The Kier molecular flexibility index (Phi) is 8.46. The molecule has 0 unspecified atom stereocenters. The number of aliphatic carboxylic acids is 1. The zero-order valence-corrected chi connectivity index (χ0v) is 25.7. The number of oxime groups is 1. The number of pyridine rings is 1. The van der Waals surface area contributed by atoms with Crippen LogP contribution in [0.1, 0.15) is 23.2 Å². The summed E-state index contributed by atoms with van der Waals surface area (Å²) in [5.74, 6) is -3.00. The molecule has 0 spiro atoms. The van der Waals surface area contributed by atoms with Crippen LogP contribution in [0.25, 0.3) is 0 Å². The standard InChI is InChI=1S/C30H27N7O7S2/c31-30-32-21(15-46-30)22(34-44)25(39)33-23-27(41)37-24(29(42)43)19(14-45-28(23)37)11-18-6-9-36(26(18)40)13-16-4-7-35(8-5-16)12-17-2-1-3-20(38)10-17/h1-5,7-8,10-11,15,23,28H,6,9,12-14H2,(H5-,31,32,33,38,39,42,43,44)/t23-,28-/m1/s1. The molecule has 0 radical (unpaired) electrons. The van der Waals surface area contributed by atoms with E-state index in [4.69, 9.17) is 5.73 Å². The fourth-order valence-corrected chi connectivity index (χ4v) is 7.36. The summed E-state index contributed by atoms with van der Waals surface area (Å²) >= 11 is 2.26. The molecule has 6 rings (SSSR count). The van der Waals surface area contributed by atoms with Crippen LogP contribution in [0.5, 0.6) is 5.75 Å². The topological polar surface area (TPSA) is 205 Å². The van der Waals surface area contributed by atoms with Crippen LogP contribution in [0.15, 0.2) is 82.2 Å². The normalized spacial score (nSPS) is 20.6. The maximum Gasteiger partial charge on any atom is 0.276 e. The lowest BCUT2D eigenvalue weighted by Crippen LogP contribution is -2.71. The average Bonchev–Trinajstić information content (AvgIpc) is 3.61. The summed E-state index contributed by atoms with van der Waals surface area (Å²) in [6, 6.07) is 9.76. The van der Waals surface area contributed by atoms with Crippen LogP contribution in [0.3, 0.4) is 0 Å². The molecule has 5 heterocycles. The second kappa shape index (κ2) is 12.6. The van der Waals surface area contributed by atoms with Crippen molar-refractivity contribution in [1.82, 2.24) is 20.1 Å². The van der Waals surface area contributed by atoms with Gasteiger partial charge < -0.3 is 36.2 Å².